The summed E-state index contributed by atoms with van der Waals surface area (Å²) in [5.41, 5.74) is 0. The molecule has 0 aromatic heterocycles. The number of carbonyl (C=O) groups is 2. The van der Waals surface area contributed by atoms with Crippen molar-refractivity contribution in [3.63, 3.8) is 0 Å². The van der Waals surface area contributed by atoms with Crippen LogP contribution in [0.2, 0.25) is 0 Å². The van der Waals surface area contributed by atoms with E-state index in [1.54, 1.807) is 0 Å². The predicted octanol–water partition coefficient (Wildman–Crippen LogP) is -7.48. The molecule has 11 heteroatoms. The number of aliphatic hydroxyl groups excluding tert-OH is 6. The van der Waals surface area contributed by atoms with Gasteiger partial charge in [0, 0.05) is 0 Å². The Bertz CT molecular complexity index is 234. The summed E-state index contributed by atoms with van der Waals surface area (Å²) in [7, 11) is 0. The minimum absolute atomic E-state index is 0. The average Bonchev–Trinajstić information content (AvgIpc) is 2.35. The molecule has 0 amide bonds. The van der Waals surface area contributed by atoms with Gasteiger partial charge in [0.15, 0.2) is 0 Å². The molecule has 0 fully saturated rings. The predicted molar refractivity (Wildman–Crippen MR) is 54.0 cm³/mol. The van der Waals surface area contributed by atoms with Crippen molar-refractivity contribution in [2.75, 3.05) is 13.2 Å². The summed E-state index contributed by atoms with van der Waals surface area (Å²) in [6.45, 7) is -1.59. The second-order valence-electron chi connectivity index (χ2n) is 3.03. The molecular formula is C8H14O10Sr. The van der Waals surface area contributed by atoms with Crippen LogP contribution in [0.1, 0.15) is 0 Å². The molecule has 0 aromatic carbocycles. The first-order chi connectivity index (χ1) is 8.18. The Balaban J connectivity index is -0.000000256. The first-order valence-corrected chi connectivity index (χ1v) is 4.54. The van der Waals surface area contributed by atoms with Crippen LogP contribution in [0.4, 0.5) is 0 Å². The average molecular weight is 358 g/mol. The molecule has 0 unspecified atom stereocenters. The fourth-order valence-electron chi connectivity index (χ4n) is 0.514. The Morgan fingerprint density at radius 1 is 0.789 bits per heavy atom. The maximum absolute atomic E-state index is 9.67. The number of rotatable bonds is 6. The van der Waals surface area contributed by atoms with E-state index in [4.69, 9.17) is 30.6 Å². The van der Waals surface area contributed by atoms with E-state index < -0.39 is 49.6 Å². The molecule has 0 spiro atoms. The monoisotopic (exact) mass is 358 g/mol. The van der Waals surface area contributed by atoms with Gasteiger partial charge in [-0.1, -0.05) is 0 Å². The Kier molecular flexibility index (Phi) is 16.8. The van der Waals surface area contributed by atoms with Crippen LogP contribution in [0.5, 0.6) is 0 Å². The molecule has 0 radical (unpaired) electrons. The third kappa shape index (κ3) is 11.7. The first kappa shape index (κ1) is 24.2. The number of carboxylic acids is 2. The maximum Gasteiger partial charge on any atom is 2.00 e. The van der Waals surface area contributed by atoms with Crippen molar-refractivity contribution in [3.8, 4) is 0 Å². The molecule has 0 aliphatic heterocycles. The minimum atomic E-state index is -2.00. The molecule has 19 heavy (non-hydrogen) atoms. The molecular weight excluding hydrogens is 344 g/mol. The molecule has 0 bridgehead atoms. The van der Waals surface area contributed by atoms with Gasteiger partial charge in [-0.3, -0.25) is 0 Å². The summed E-state index contributed by atoms with van der Waals surface area (Å²) in [5, 5.41) is 68.8. The summed E-state index contributed by atoms with van der Waals surface area (Å²) >= 11 is 0. The number of aliphatic carboxylic acids is 2. The van der Waals surface area contributed by atoms with Crippen LogP contribution in [0, 0.1) is 0 Å². The second kappa shape index (κ2) is 13.2. The zero-order valence-electron chi connectivity index (χ0n) is 9.75. The topological polar surface area (TPSA) is 202 Å². The Hall–Kier alpha value is 0.181. The van der Waals surface area contributed by atoms with Gasteiger partial charge in [-0.15, -0.1) is 0 Å². The van der Waals surface area contributed by atoms with Gasteiger partial charge in [-0.25, -0.2) is 0 Å². The molecule has 108 valence electrons. The summed E-state index contributed by atoms with van der Waals surface area (Å²) in [4.78, 5) is 19.3. The van der Waals surface area contributed by atoms with Crippen molar-refractivity contribution in [2.45, 2.75) is 24.4 Å². The van der Waals surface area contributed by atoms with Crippen LogP contribution < -0.4 is 10.2 Å². The standard InChI is InChI=1S/2C4H8O5.Sr/c2*5-1-2(6)3(7)4(8)9;/h2*2-3,5-7H,1H2,(H,8,9);/q;;+2/p-2/t2*2-,3+;/m11./s1. The number of carboxylic acid groups (broad SMARTS) is 2. The molecule has 0 heterocycles. The smallest absolute Gasteiger partial charge is 0.547 e. The van der Waals surface area contributed by atoms with E-state index in [2.05, 4.69) is 0 Å². The van der Waals surface area contributed by atoms with Crippen molar-refractivity contribution < 1.29 is 50.4 Å². The van der Waals surface area contributed by atoms with Crippen LogP contribution in [-0.2, 0) is 9.59 Å². The number of hydrogen-bond donors (Lipinski definition) is 6. The second-order valence-corrected chi connectivity index (χ2v) is 3.03. The third-order valence-electron chi connectivity index (χ3n) is 1.59. The van der Waals surface area contributed by atoms with Gasteiger partial charge in [0.1, 0.15) is 24.4 Å². The minimum Gasteiger partial charge on any atom is -0.547 e. The van der Waals surface area contributed by atoms with Gasteiger partial charge in [0.25, 0.3) is 0 Å². The first-order valence-electron chi connectivity index (χ1n) is 4.54. The summed E-state index contributed by atoms with van der Waals surface area (Å²) in [5.74, 6) is -3.59. The van der Waals surface area contributed by atoms with Gasteiger partial charge < -0.3 is 50.4 Å². The largest absolute Gasteiger partial charge is 2.00 e. The van der Waals surface area contributed by atoms with Gasteiger partial charge in [-0.2, -0.15) is 0 Å². The van der Waals surface area contributed by atoms with Gasteiger partial charge in [0.2, 0.25) is 0 Å². The molecule has 10 nitrogen and oxygen atoms in total. The van der Waals surface area contributed by atoms with E-state index in [9.17, 15) is 19.8 Å². The molecule has 6 N–H and O–H groups in total. The number of aliphatic hydroxyl groups is 6. The molecule has 0 saturated heterocycles. The van der Waals surface area contributed by atoms with Crippen LogP contribution >= 0.6 is 0 Å². The van der Waals surface area contributed by atoms with E-state index in [0.717, 1.165) is 0 Å². The normalized spacial score (nSPS) is 15.9. The SMILES string of the molecule is O=C([O-])[C@@H](O)[C@H](O)CO.O=C([O-])[C@@H](O)[C@H](O)CO.[Sr+2]. The zero-order valence-corrected chi connectivity index (χ0v) is 13.2. The van der Waals surface area contributed by atoms with Crippen molar-refractivity contribution in [1.82, 2.24) is 0 Å². The van der Waals surface area contributed by atoms with Gasteiger partial charge in [0.05, 0.1) is 25.2 Å². The van der Waals surface area contributed by atoms with Crippen LogP contribution in [0.15, 0.2) is 0 Å². The van der Waals surface area contributed by atoms with Crippen molar-refractivity contribution in [1.29, 1.82) is 0 Å². The number of hydrogen-bond acceptors (Lipinski definition) is 10. The fraction of sp³-hybridized carbons (Fsp3) is 0.750. The molecule has 0 aromatic rings. The van der Waals surface area contributed by atoms with E-state index in [1.807, 2.05) is 0 Å². The Labute approximate surface area is 144 Å². The van der Waals surface area contributed by atoms with Crippen LogP contribution in [-0.4, -0.2) is 126 Å². The maximum atomic E-state index is 9.67. The van der Waals surface area contributed by atoms with Crippen molar-refractivity contribution in [2.24, 2.45) is 0 Å². The van der Waals surface area contributed by atoms with Crippen molar-refractivity contribution in [3.05, 3.63) is 0 Å². The van der Waals surface area contributed by atoms with E-state index in [1.165, 1.54) is 0 Å². The van der Waals surface area contributed by atoms with E-state index in [0.29, 0.717) is 0 Å². The molecule has 0 aliphatic rings. The van der Waals surface area contributed by atoms with Gasteiger partial charge in [-0.05, 0) is 0 Å². The molecule has 0 rings (SSSR count). The Morgan fingerprint density at radius 3 is 1.05 bits per heavy atom. The van der Waals surface area contributed by atoms with E-state index in [-0.39, 0.29) is 45.5 Å². The zero-order chi connectivity index (χ0) is 14.9. The molecule has 0 saturated carbocycles. The fourth-order valence-corrected chi connectivity index (χ4v) is 0.514. The number of carbonyl (C=O) groups excluding carboxylic acids is 2. The van der Waals surface area contributed by atoms with Crippen molar-refractivity contribution >= 4 is 57.4 Å². The molecule has 0 aliphatic carbocycles. The summed E-state index contributed by atoms with van der Waals surface area (Å²) in [6, 6.07) is 0. The third-order valence-corrected chi connectivity index (χ3v) is 1.59. The van der Waals surface area contributed by atoms with E-state index >= 15 is 0 Å². The summed E-state index contributed by atoms with van der Waals surface area (Å²) in [6.07, 6.45) is -7.32. The van der Waals surface area contributed by atoms with Gasteiger partial charge >= 0.3 is 45.5 Å². The quantitative estimate of drug-likeness (QED) is 0.248. The summed E-state index contributed by atoms with van der Waals surface area (Å²) < 4.78 is 0. The van der Waals surface area contributed by atoms with Crippen LogP contribution in [0.3, 0.4) is 0 Å². The Morgan fingerprint density at radius 2 is 1.00 bits per heavy atom. The van der Waals surface area contributed by atoms with Crippen LogP contribution in [0.25, 0.3) is 0 Å². The molecule has 4 atom stereocenters.